The van der Waals surface area contributed by atoms with Crippen LogP contribution in [-0.4, -0.2) is 40.2 Å². The van der Waals surface area contributed by atoms with Gasteiger partial charge in [0.15, 0.2) is 5.75 Å². The summed E-state index contributed by atoms with van der Waals surface area (Å²) in [7, 11) is 1.97. The molecule has 0 spiro atoms. The van der Waals surface area contributed by atoms with Crippen molar-refractivity contribution in [1.29, 1.82) is 5.26 Å². The van der Waals surface area contributed by atoms with Crippen LogP contribution in [0.25, 0.3) is 10.9 Å². The third-order valence-corrected chi connectivity index (χ3v) is 3.56. The molecule has 0 saturated carbocycles. The Labute approximate surface area is 140 Å². The zero-order valence-electron chi connectivity index (χ0n) is 13.2. The number of hydrogen-bond acceptors (Lipinski definition) is 5. The van der Waals surface area contributed by atoms with Crippen LogP contribution in [0.1, 0.15) is 10.5 Å². The highest BCUT2D eigenvalue weighted by atomic mass is 32.2. The summed E-state index contributed by atoms with van der Waals surface area (Å²) in [5.41, 5.74) is 0.825. The molecule has 1 atom stereocenters. The predicted octanol–water partition coefficient (Wildman–Crippen LogP) is 2.29. The maximum atomic E-state index is 12.7. The van der Waals surface area contributed by atoms with Crippen LogP contribution in [-0.2, 0) is 11.0 Å². The lowest BCUT2D eigenvalue weighted by Crippen LogP contribution is -2.09. The number of Topliss-reactive ketones (excluding diaryl/α,β-unsaturated/α-hetero) is 1. The highest BCUT2D eigenvalue weighted by Gasteiger charge is 2.17. The fraction of sp³-hybridized carbons (Fsp3) is 0.200. The number of benzene rings is 1. The van der Waals surface area contributed by atoms with Crippen molar-refractivity contribution >= 4 is 33.4 Å². The van der Waals surface area contributed by atoms with Crippen molar-refractivity contribution in [3.63, 3.8) is 0 Å². The first kappa shape index (κ1) is 17.5. The Morgan fingerprint density at radius 1 is 1.46 bits per heavy atom. The Morgan fingerprint density at radius 3 is 2.71 bits per heavy atom. The Hall–Kier alpha value is -2.86. The molecule has 24 heavy (non-hydrogen) atoms. The maximum absolute atomic E-state index is 12.7. The van der Waals surface area contributed by atoms with Crippen LogP contribution in [0, 0.1) is 11.3 Å². The van der Waals surface area contributed by atoms with E-state index in [9.17, 15) is 13.5 Å². The van der Waals surface area contributed by atoms with Gasteiger partial charge in [0, 0.05) is 42.0 Å². The number of nitrogens with one attached hydrogen (secondary N) is 2. The van der Waals surface area contributed by atoms with Gasteiger partial charge in [-0.15, -0.1) is 0 Å². The molecule has 0 saturated heterocycles. The number of fused-ring (bicyclic) bond motifs is 1. The minimum atomic E-state index is -1.42. The number of carbonyl (C=O) groups excluding carboxylic acids is 1. The van der Waals surface area contributed by atoms with Gasteiger partial charge in [0.05, 0.1) is 11.4 Å². The van der Waals surface area contributed by atoms with Gasteiger partial charge in [0.1, 0.15) is 22.6 Å². The van der Waals surface area contributed by atoms with Gasteiger partial charge < -0.3 is 14.6 Å². The van der Waals surface area contributed by atoms with Crippen molar-refractivity contribution in [1.82, 2.24) is 9.88 Å². The van der Waals surface area contributed by atoms with Crippen molar-refractivity contribution in [2.45, 2.75) is 0 Å². The first-order valence-corrected chi connectivity index (χ1v) is 8.30. The lowest BCUT2D eigenvalue weighted by atomic mass is 10.1. The van der Waals surface area contributed by atoms with Crippen molar-refractivity contribution in [2.75, 3.05) is 25.1 Å². The van der Waals surface area contributed by atoms with Gasteiger partial charge in [0.2, 0.25) is 5.78 Å². The molecule has 0 aliphatic rings. The Bertz CT molecular complexity index is 883. The molecular weight excluding hydrogens is 335 g/mol. The standard InChI is InChI=1S/C15H15FN4O3S/c1-20(2)8-10(7-17)15(21)13-4-9-5-14(23-16)12(19-24(3)22)6-11(9)18-13/h4-6,8,18-19H,1-3H3/b10-8+. The fourth-order valence-corrected chi connectivity index (χ4v) is 2.59. The number of aromatic nitrogens is 1. The molecule has 9 heteroatoms. The van der Waals surface area contributed by atoms with Crippen molar-refractivity contribution in [2.24, 2.45) is 0 Å². The number of aromatic amines is 1. The monoisotopic (exact) mass is 350 g/mol. The van der Waals surface area contributed by atoms with E-state index >= 15 is 0 Å². The molecule has 1 unspecified atom stereocenters. The van der Waals surface area contributed by atoms with Gasteiger partial charge in [-0.1, -0.05) is 0 Å². The number of allylic oxidation sites excluding steroid dienone is 1. The van der Waals surface area contributed by atoms with Gasteiger partial charge in [0.25, 0.3) is 0 Å². The summed E-state index contributed by atoms with van der Waals surface area (Å²) in [5.74, 6) is -0.640. The summed E-state index contributed by atoms with van der Waals surface area (Å²) in [6.45, 7) is 0. The van der Waals surface area contributed by atoms with Gasteiger partial charge >= 0.3 is 0 Å². The minimum absolute atomic E-state index is 0.0402. The van der Waals surface area contributed by atoms with Crippen LogP contribution in [0.15, 0.2) is 30.0 Å². The van der Waals surface area contributed by atoms with Crippen molar-refractivity contribution in [3.8, 4) is 11.8 Å². The van der Waals surface area contributed by atoms with E-state index in [2.05, 4.69) is 14.6 Å². The molecule has 1 aromatic carbocycles. The number of ketones is 1. The topological polar surface area (TPSA) is 98.2 Å². The molecule has 1 heterocycles. The molecule has 0 bridgehead atoms. The van der Waals surface area contributed by atoms with Gasteiger partial charge in [-0.25, -0.2) is 4.21 Å². The molecule has 7 nitrogen and oxygen atoms in total. The van der Waals surface area contributed by atoms with Crippen LogP contribution in [0.5, 0.6) is 5.75 Å². The molecule has 2 N–H and O–H groups in total. The lowest BCUT2D eigenvalue weighted by Gasteiger charge is -2.06. The van der Waals surface area contributed by atoms with Crippen molar-refractivity contribution in [3.05, 3.63) is 35.7 Å². The molecule has 0 aliphatic carbocycles. The quantitative estimate of drug-likeness (QED) is 0.473. The van der Waals surface area contributed by atoms with E-state index < -0.39 is 16.8 Å². The van der Waals surface area contributed by atoms with E-state index in [0.29, 0.717) is 10.9 Å². The number of nitrogens with zero attached hydrogens (tertiary/aromatic N) is 2. The predicted molar refractivity (Wildman–Crippen MR) is 89.4 cm³/mol. The first-order valence-electron chi connectivity index (χ1n) is 6.74. The number of anilines is 1. The van der Waals surface area contributed by atoms with E-state index in [4.69, 9.17) is 5.26 Å². The summed E-state index contributed by atoms with van der Waals surface area (Å²) < 4.78 is 26.5. The Balaban J connectivity index is 2.50. The number of halogens is 1. The number of hydrogen-bond donors (Lipinski definition) is 2. The lowest BCUT2D eigenvalue weighted by molar-refractivity contribution is -0.00505. The summed E-state index contributed by atoms with van der Waals surface area (Å²) in [4.78, 5) is 20.6. The third kappa shape index (κ3) is 3.72. The molecule has 1 aromatic heterocycles. The number of H-pyrrole nitrogens is 1. The fourth-order valence-electron chi connectivity index (χ4n) is 2.12. The van der Waals surface area contributed by atoms with Crippen LogP contribution >= 0.6 is 0 Å². The Kier molecular flexibility index (Phi) is 5.21. The minimum Gasteiger partial charge on any atom is -0.382 e. The van der Waals surface area contributed by atoms with E-state index in [0.717, 1.165) is 0 Å². The van der Waals surface area contributed by atoms with Crippen LogP contribution < -0.4 is 9.66 Å². The van der Waals surface area contributed by atoms with E-state index in [1.165, 1.54) is 30.7 Å². The summed E-state index contributed by atoms with van der Waals surface area (Å²) in [6.07, 6.45) is 2.80. The van der Waals surface area contributed by atoms with Crippen LogP contribution in [0.4, 0.5) is 10.2 Å². The molecule has 2 rings (SSSR count). The van der Waals surface area contributed by atoms with Crippen LogP contribution in [0.2, 0.25) is 0 Å². The van der Waals surface area contributed by atoms with E-state index in [1.54, 1.807) is 19.0 Å². The maximum Gasteiger partial charge on any atom is 0.221 e. The summed E-state index contributed by atoms with van der Waals surface area (Å²) >= 11 is 0. The summed E-state index contributed by atoms with van der Waals surface area (Å²) in [6, 6.07) is 6.18. The van der Waals surface area contributed by atoms with Crippen molar-refractivity contribution < 1.29 is 18.5 Å². The number of rotatable bonds is 6. The summed E-state index contributed by atoms with van der Waals surface area (Å²) in [5, 5.41) is 9.63. The first-order chi connectivity index (χ1) is 11.3. The highest BCUT2D eigenvalue weighted by Crippen LogP contribution is 2.31. The zero-order chi connectivity index (χ0) is 17.9. The largest absolute Gasteiger partial charge is 0.382 e. The van der Waals surface area contributed by atoms with Gasteiger partial charge in [-0.2, -0.15) is 5.26 Å². The highest BCUT2D eigenvalue weighted by molar-refractivity contribution is 7.85. The average Bonchev–Trinajstić information content (AvgIpc) is 2.93. The van der Waals surface area contributed by atoms with Crippen LogP contribution in [0.3, 0.4) is 0 Å². The second kappa shape index (κ2) is 7.14. The molecule has 0 aliphatic heterocycles. The molecule has 0 radical (unpaired) electrons. The molecule has 126 valence electrons. The van der Waals surface area contributed by atoms with Gasteiger partial charge in [-0.05, 0) is 18.2 Å². The molecule has 0 fully saturated rings. The smallest absolute Gasteiger partial charge is 0.221 e. The number of carbonyl (C=O) groups is 1. The molecule has 2 aromatic rings. The zero-order valence-corrected chi connectivity index (χ0v) is 14.0. The third-order valence-electron chi connectivity index (χ3n) is 3.05. The Morgan fingerprint density at radius 2 is 2.17 bits per heavy atom. The number of nitriles is 1. The molecular formula is C15H15FN4O3S. The normalized spacial score (nSPS) is 12.5. The SMILES string of the molecule is CN(C)/C=C(\C#N)C(=O)c1cc2cc(OF)c(NS(C)=O)cc2[nH]1. The molecule has 0 amide bonds. The second-order valence-corrected chi connectivity index (χ2v) is 6.31. The van der Waals surface area contributed by atoms with Gasteiger partial charge in [-0.3, -0.25) is 9.74 Å². The second-order valence-electron chi connectivity index (χ2n) is 5.20. The van der Waals surface area contributed by atoms with E-state index in [1.807, 2.05) is 6.07 Å². The average molecular weight is 350 g/mol. The van der Waals surface area contributed by atoms with E-state index in [-0.39, 0.29) is 22.7 Å².